The van der Waals surface area contributed by atoms with Crippen LogP contribution in [0.1, 0.15) is 16.7 Å². The van der Waals surface area contributed by atoms with Gasteiger partial charge in [-0.05, 0) is 24.3 Å². The average molecular weight is 311 g/mol. The lowest BCUT2D eigenvalue weighted by molar-refractivity contribution is -0.138. The number of hydrogen-bond acceptors (Lipinski definition) is 2. The maximum Gasteiger partial charge on any atom is 0.416 e. The van der Waals surface area contributed by atoms with Crippen LogP contribution in [0.5, 0.6) is 0 Å². The number of benzene rings is 2. The van der Waals surface area contributed by atoms with E-state index in [2.05, 4.69) is 5.32 Å². The smallest absolute Gasteiger partial charge is 0.372 e. The van der Waals surface area contributed by atoms with Gasteiger partial charge in [0.2, 0.25) is 0 Å². The number of fused-ring (bicyclic) bond motifs is 1. The molecule has 0 fully saturated rings. The maximum atomic E-state index is 13.9. The van der Waals surface area contributed by atoms with E-state index in [0.29, 0.717) is 6.07 Å². The highest BCUT2D eigenvalue weighted by Crippen LogP contribution is 2.44. The number of aliphatic hydroxyl groups is 1. The average Bonchev–Trinajstić information content (AvgIpc) is 2.70. The van der Waals surface area contributed by atoms with E-state index in [-0.39, 0.29) is 11.3 Å². The summed E-state index contributed by atoms with van der Waals surface area (Å²) in [5, 5.41) is 12.9. The molecule has 1 aliphatic rings. The number of hydrogen-bond donors (Lipinski definition) is 2. The molecule has 1 aliphatic heterocycles. The lowest BCUT2D eigenvalue weighted by Gasteiger charge is -2.22. The molecule has 2 N–H and O–H groups in total. The first-order chi connectivity index (χ1) is 10.2. The van der Waals surface area contributed by atoms with Crippen LogP contribution in [-0.2, 0) is 16.6 Å². The Balaban J connectivity index is 2.25. The number of amides is 1. The Morgan fingerprint density at radius 1 is 1.05 bits per heavy atom. The van der Waals surface area contributed by atoms with Crippen LogP contribution in [0.3, 0.4) is 0 Å². The molecule has 7 heteroatoms. The molecule has 1 amide bonds. The van der Waals surface area contributed by atoms with E-state index in [9.17, 15) is 27.5 Å². The van der Waals surface area contributed by atoms with Gasteiger partial charge in [-0.25, -0.2) is 4.39 Å². The van der Waals surface area contributed by atoms with E-state index in [1.165, 1.54) is 12.1 Å². The number of alkyl halides is 3. The van der Waals surface area contributed by atoms with Gasteiger partial charge in [0.05, 0.1) is 5.56 Å². The predicted molar refractivity (Wildman–Crippen MR) is 69.5 cm³/mol. The van der Waals surface area contributed by atoms with Crippen molar-refractivity contribution in [1.82, 2.24) is 0 Å². The van der Waals surface area contributed by atoms with Crippen LogP contribution in [-0.4, -0.2) is 11.0 Å². The fourth-order valence-corrected chi connectivity index (χ4v) is 2.49. The monoisotopic (exact) mass is 311 g/mol. The van der Waals surface area contributed by atoms with Crippen LogP contribution in [0.15, 0.2) is 42.5 Å². The zero-order chi connectivity index (χ0) is 16.1. The molecule has 0 radical (unpaired) electrons. The third kappa shape index (κ3) is 1.97. The van der Waals surface area contributed by atoms with Crippen molar-refractivity contribution in [3.8, 4) is 0 Å². The molecule has 0 aliphatic carbocycles. The number of anilines is 1. The number of halogens is 4. The van der Waals surface area contributed by atoms with Gasteiger partial charge in [0.15, 0.2) is 5.60 Å². The highest BCUT2D eigenvalue weighted by molar-refractivity contribution is 6.07. The molecule has 0 spiro atoms. The Hall–Kier alpha value is -2.41. The SMILES string of the molecule is O=C1Nc2ccc(C(F)(F)F)cc2C1(O)c1ccccc1F. The molecular weight excluding hydrogens is 302 g/mol. The van der Waals surface area contributed by atoms with Gasteiger partial charge >= 0.3 is 6.18 Å². The van der Waals surface area contributed by atoms with Crippen molar-refractivity contribution in [2.75, 3.05) is 5.32 Å². The Labute approximate surface area is 122 Å². The number of carbonyl (C=O) groups is 1. The molecule has 0 bridgehead atoms. The molecule has 114 valence electrons. The van der Waals surface area contributed by atoms with Crippen molar-refractivity contribution in [2.45, 2.75) is 11.8 Å². The number of carbonyl (C=O) groups excluding carboxylic acids is 1. The van der Waals surface area contributed by atoms with Gasteiger partial charge < -0.3 is 10.4 Å². The molecule has 1 atom stereocenters. The molecule has 1 unspecified atom stereocenters. The molecule has 22 heavy (non-hydrogen) atoms. The second kappa shape index (κ2) is 4.54. The van der Waals surface area contributed by atoms with Crippen LogP contribution in [0, 0.1) is 5.82 Å². The third-order valence-electron chi connectivity index (χ3n) is 3.58. The first kappa shape index (κ1) is 14.5. The first-order valence-electron chi connectivity index (χ1n) is 6.25. The molecular formula is C15H9F4NO2. The Bertz CT molecular complexity index is 772. The second-order valence-electron chi connectivity index (χ2n) is 4.90. The topological polar surface area (TPSA) is 49.3 Å². The lowest BCUT2D eigenvalue weighted by Crippen LogP contribution is -2.36. The molecule has 1 heterocycles. The van der Waals surface area contributed by atoms with E-state index in [0.717, 1.165) is 24.3 Å². The Kier molecular flexibility index (Phi) is 3.00. The standard InChI is InChI=1S/C15H9F4NO2/c16-11-4-2-1-3-9(11)14(22)10-7-8(15(17,18)19)5-6-12(10)20-13(14)21/h1-7,22H,(H,20,21). The highest BCUT2D eigenvalue weighted by Gasteiger charge is 2.49. The second-order valence-corrected chi connectivity index (χ2v) is 4.90. The zero-order valence-electron chi connectivity index (χ0n) is 10.9. The summed E-state index contributed by atoms with van der Waals surface area (Å²) in [6.07, 6.45) is -4.64. The van der Waals surface area contributed by atoms with Crippen molar-refractivity contribution in [2.24, 2.45) is 0 Å². The largest absolute Gasteiger partial charge is 0.416 e. The van der Waals surface area contributed by atoms with E-state index in [1.807, 2.05) is 0 Å². The van der Waals surface area contributed by atoms with E-state index < -0.39 is 34.6 Å². The van der Waals surface area contributed by atoms with Gasteiger partial charge in [-0.3, -0.25) is 4.79 Å². The molecule has 3 nitrogen and oxygen atoms in total. The van der Waals surface area contributed by atoms with Crippen molar-refractivity contribution < 1.29 is 27.5 Å². The normalized spacial score (nSPS) is 20.7. The quantitative estimate of drug-likeness (QED) is 0.795. The van der Waals surface area contributed by atoms with Crippen molar-refractivity contribution in [1.29, 1.82) is 0 Å². The minimum absolute atomic E-state index is 0.0174. The zero-order valence-corrected chi connectivity index (χ0v) is 10.9. The fourth-order valence-electron chi connectivity index (χ4n) is 2.49. The summed E-state index contributed by atoms with van der Waals surface area (Å²) in [5.41, 5.74) is -4.23. The predicted octanol–water partition coefficient (Wildman–Crippen LogP) is 3.03. The van der Waals surface area contributed by atoms with E-state index in [4.69, 9.17) is 0 Å². The van der Waals surface area contributed by atoms with Gasteiger partial charge in [0.1, 0.15) is 5.82 Å². The van der Waals surface area contributed by atoms with Gasteiger partial charge in [0.25, 0.3) is 5.91 Å². The Morgan fingerprint density at radius 2 is 1.73 bits per heavy atom. The fraction of sp³-hybridized carbons (Fsp3) is 0.133. The molecule has 2 aromatic rings. The van der Waals surface area contributed by atoms with Crippen molar-refractivity contribution in [3.63, 3.8) is 0 Å². The van der Waals surface area contributed by atoms with Crippen LogP contribution >= 0.6 is 0 Å². The summed E-state index contributed by atoms with van der Waals surface area (Å²) in [5.74, 6) is -1.88. The van der Waals surface area contributed by atoms with Crippen LogP contribution in [0.25, 0.3) is 0 Å². The van der Waals surface area contributed by atoms with Gasteiger partial charge in [0, 0.05) is 16.8 Å². The van der Waals surface area contributed by atoms with Gasteiger partial charge in [-0.2, -0.15) is 13.2 Å². The summed E-state index contributed by atoms with van der Waals surface area (Å²) in [7, 11) is 0. The minimum atomic E-state index is -4.64. The molecule has 2 aromatic carbocycles. The van der Waals surface area contributed by atoms with E-state index >= 15 is 0 Å². The minimum Gasteiger partial charge on any atom is -0.372 e. The number of nitrogens with one attached hydrogen (secondary N) is 1. The maximum absolute atomic E-state index is 13.9. The highest BCUT2D eigenvalue weighted by atomic mass is 19.4. The molecule has 0 aromatic heterocycles. The van der Waals surface area contributed by atoms with Crippen LogP contribution in [0.4, 0.5) is 23.2 Å². The molecule has 3 rings (SSSR count). The number of rotatable bonds is 1. The Morgan fingerprint density at radius 3 is 2.36 bits per heavy atom. The van der Waals surface area contributed by atoms with Gasteiger partial charge in [-0.1, -0.05) is 18.2 Å². The van der Waals surface area contributed by atoms with Crippen molar-refractivity contribution >= 4 is 11.6 Å². The lowest BCUT2D eigenvalue weighted by atomic mass is 9.86. The summed E-state index contributed by atoms with van der Waals surface area (Å²) < 4.78 is 52.4. The summed E-state index contributed by atoms with van der Waals surface area (Å²) in [6.45, 7) is 0. The summed E-state index contributed by atoms with van der Waals surface area (Å²) in [6, 6.07) is 7.38. The van der Waals surface area contributed by atoms with Crippen LogP contribution in [0.2, 0.25) is 0 Å². The molecule has 0 saturated carbocycles. The first-order valence-corrected chi connectivity index (χ1v) is 6.25. The van der Waals surface area contributed by atoms with E-state index in [1.54, 1.807) is 0 Å². The third-order valence-corrected chi connectivity index (χ3v) is 3.58. The summed E-state index contributed by atoms with van der Waals surface area (Å²) in [4.78, 5) is 12.1. The van der Waals surface area contributed by atoms with Crippen molar-refractivity contribution in [3.05, 3.63) is 65.0 Å². The molecule has 0 saturated heterocycles. The van der Waals surface area contributed by atoms with Crippen LogP contribution < -0.4 is 5.32 Å². The van der Waals surface area contributed by atoms with Gasteiger partial charge in [-0.15, -0.1) is 0 Å². The summed E-state index contributed by atoms with van der Waals surface area (Å²) >= 11 is 0.